The number of hydrogen-bond donors (Lipinski definition) is 0. The summed E-state index contributed by atoms with van der Waals surface area (Å²) in [6.07, 6.45) is 8.64. The van der Waals surface area contributed by atoms with Crippen molar-refractivity contribution in [2.75, 3.05) is 7.05 Å². The highest BCUT2D eigenvalue weighted by Gasteiger charge is 2.40. The molecule has 130 valence electrons. The van der Waals surface area contributed by atoms with Gasteiger partial charge < -0.3 is 0 Å². The van der Waals surface area contributed by atoms with Crippen LogP contribution in [0.2, 0.25) is 0 Å². The molecule has 0 aromatic carbocycles. The van der Waals surface area contributed by atoms with Crippen LogP contribution in [0, 0.1) is 35.5 Å². The minimum absolute atomic E-state index is 0.820. The molecule has 0 radical (unpaired) electrons. The van der Waals surface area contributed by atoms with Gasteiger partial charge in [-0.25, -0.2) is 0 Å². The summed E-state index contributed by atoms with van der Waals surface area (Å²) in [4.78, 5) is 2.86. The van der Waals surface area contributed by atoms with E-state index in [-0.39, 0.29) is 0 Å². The van der Waals surface area contributed by atoms with E-state index in [1.807, 2.05) is 0 Å². The van der Waals surface area contributed by atoms with E-state index in [0.29, 0.717) is 0 Å². The molecule has 1 heteroatoms. The molecular weight excluding hydrogens is 266 g/mol. The molecule has 2 aliphatic carbocycles. The summed E-state index contributed by atoms with van der Waals surface area (Å²) in [5.74, 6) is 5.32. The van der Waals surface area contributed by atoms with Gasteiger partial charge in [0.05, 0.1) is 0 Å². The molecule has 6 unspecified atom stereocenters. The quantitative estimate of drug-likeness (QED) is 0.630. The van der Waals surface area contributed by atoms with Crippen LogP contribution < -0.4 is 0 Å². The highest BCUT2D eigenvalue weighted by atomic mass is 15.2. The van der Waals surface area contributed by atoms with Gasteiger partial charge in [-0.2, -0.15) is 0 Å². The van der Waals surface area contributed by atoms with Crippen LogP contribution in [-0.4, -0.2) is 24.0 Å². The molecule has 0 amide bonds. The van der Waals surface area contributed by atoms with Gasteiger partial charge in [0.15, 0.2) is 0 Å². The van der Waals surface area contributed by atoms with E-state index in [0.717, 1.165) is 47.6 Å². The zero-order valence-electron chi connectivity index (χ0n) is 16.3. The normalized spacial score (nSPS) is 40.6. The Labute approximate surface area is 140 Å². The van der Waals surface area contributed by atoms with Crippen molar-refractivity contribution in [3.63, 3.8) is 0 Å². The smallest absolute Gasteiger partial charge is 0.0128 e. The van der Waals surface area contributed by atoms with Crippen molar-refractivity contribution in [3.05, 3.63) is 0 Å². The van der Waals surface area contributed by atoms with Gasteiger partial charge in [0, 0.05) is 12.1 Å². The summed E-state index contributed by atoms with van der Waals surface area (Å²) in [5, 5.41) is 0. The fraction of sp³-hybridized carbons (Fsp3) is 1.00. The Hall–Kier alpha value is -0.0400. The Balaban J connectivity index is 2.16. The van der Waals surface area contributed by atoms with Crippen LogP contribution in [0.5, 0.6) is 0 Å². The lowest BCUT2D eigenvalue weighted by Gasteiger charge is -2.50. The summed E-state index contributed by atoms with van der Waals surface area (Å²) in [7, 11) is 2.47. The molecule has 2 fully saturated rings. The molecule has 0 aromatic heterocycles. The van der Waals surface area contributed by atoms with Crippen LogP contribution in [0.1, 0.15) is 80.1 Å². The molecule has 22 heavy (non-hydrogen) atoms. The maximum atomic E-state index is 2.86. The molecule has 2 aliphatic rings. The van der Waals surface area contributed by atoms with E-state index < -0.39 is 0 Å². The van der Waals surface area contributed by atoms with Gasteiger partial charge in [-0.3, -0.25) is 4.90 Å². The molecule has 2 saturated carbocycles. The summed E-state index contributed by atoms with van der Waals surface area (Å²) in [5.41, 5.74) is 0. The lowest BCUT2D eigenvalue weighted by Crippen LogP contribution is -2.53. The van der Waals surface area contributed by atoms with Crippen LogP contribution in [0.15, 0.2) is 0 Å². The maximum absolute atomic E-state index is 2.86. The largest absolute Gasteiger partial charge is 0.300 e. The Morgan fingerprint density at radius 2 is 1.05 bits per heavy atom. The van der Waals surface area contributed by atoms with E-state index >= 15 is 0 Å². The van der Waals surface area contributed by atoms with Crippen LogP contribution in [0.3, 0.4) is 0 Å². The van der Waals surface area contributed by atoms with Gasteiger partial charge in [-0.1, -0.05) is 54.4 Å². The molecule has 0 aromatic rings. The SMILES string of the molecule is CC1CCC(C(C)C)C(N(C)C2CC(C)CCC2C(C)C)C1. The molecule has 2 rings (SSSR count). The highest BCUT2D eigenvalue weighted by Crippen LogP contribution is 2.42. The van der Waals surface area contributed by atoms with Crippen LogP contribution in [0.4, 0.5) is 0 Å². The topological polar surface area (TPSA) is 3.24 Å². The first-order chi connectivity index (χ1) is 10.3. The molecule has 6 atom stereocenters. The van der Waals surface area contributed by atoms with Gasteiger partial charge in [0.2, 0.25) is 0 Å². The Bertz CT molecular complexity index is 303. The third-order valence-electron chi connectivity index (χ3n) is 7.02. The van der Waals surface area contributed by atoms with Crippen molar-refractivity contribution in [2.24, 2.45) is 35.5 Å². The van der Waals surface area contributed by atoms with Gasteiger partial charge in [0.25, 0.3) is 0 Å². The number of rotatable bonds is 4. The van der Waals surface area contributed by atoms with Gasteiger partial charge >= 0.3 is 0 Å². The van der Waals surface area contributed by atoms with E-state index in [1.165, 1.54) is 38.5 Å². The summed E-state index contributed by atoms with van der Waals surface area (Å²) in [6.45, 7) is 14.7. The van der Waals surface area contributed by atoms with Crippen molar-refractivity contribution >= 4 is 0 Å². The van der Waals surface area contributed by atoms with Crippen molar-refractivity contribution in [3.8, 4) is 0 Å². The molecule has 0 saturated heterocycles. The molecule has 0 aliphatic heterocycles. The minimum Gasteiger partial charge on any atom is -0.300 e. The Morgan fingerprint density at radius 1 is 0.682 bits per heavy atom. The molecule has 0 heterocycles. The third kappa shape index (κ3) is 4.08. The van der Waals surface area contributed by atoms with Crippen LogP contribution in [-0.2, 0) is 0 Å². The van der Waals surface area contributed by atoms with E-state index in [9.17, 15) is 0 Å². The average Bonchev–Trinajstić information content (AvgIpc) is 2.45. The molecule has 0 spiro atoms. The maximum Gasteiger partial charge on any atom is 0.0128 e. The third-order valence-corrected chi connectivity index (χ3v) is 7.02. The molecule has 0 bridgehead atoms. The fourth-order valence-corrected chi connectivity index (χ4v) is 5.49. The standard InChI is InChI=1S/C21H41N/c1-14(2)18-10-8-16(5)12-20(18)22(7)21-13-17(6)9-11-19(21)15(3)4/h14-21H,8-13H2,1-7H3. The Kier molecular flexibility index (Phi) is 6.39. The number of hydrogen-bond acceptors (Lipinski definition) is 1. The minimum atomic E-state index is 0.820. The molecule has 0 N–H and O–H groups in total. The van der Waals surface area contributed by atoms with E-state index in [4.69, 9.17) is 0 Å². The lowest BCUT2D eigenvalue weighted by atomic mass is 9.69. The van der Waals surface area contributed by atoms with E-state index in [2.05, 4.69) is 53.5 Å². The summed E-state index contributed by atoms with van der Waals surface area (Å²) >= 11 is 0. The predicted octanol–water partition coefficient (Wildman–Crippen LogP) is 5.84. The first-order valence-corrected chi connectivity index (χ1v) is 10.0. The Morgan fingerprint density at radius 3 is 1.36 bits per heavy atom. The second-order valence-corrected chi connectivity index (χ2v) is 9.45. The monoisotopic (exact) mass is 307 g/mol. The summed E-state index contributed by atoms with van der Waals surface area (Å²) < 4.78 is 0. The van der Waals surface area contributed by atoms with Crippen LogP contribution >= 0.6 is 0 Å². The first-order valence-electron chi connectivity index (χ1n) is 10.0. The predicted molar refractivity (Wildman–Crippen MR) is 98.0 cm³/mol. The van der Waals surface area contributed by atoms with Gasteiger partial charge in [-0.15, -0.1) is 0 Å². The number of nitrogens with zero attached hydrogens (tertiary/aromatic N) is 1. The first kappa shape index (κ1) is 18.3. The summed E-state index contributed by atoms with van der Waals surface area (Å²) in [6, 6.07) is 1.64. The van der Waals surface area contributed by atoms with Crippen molar-refractivity contribution in [1.29, 1.82) is 0 Å². The van der Waals surface area contributed by atoms with Gasteiger partial charge in [-0.05, 0) is 68.2 Å². The average molecular weight is 308 g/mol. The van der Waals surface area contributed by atoms with E-state index in [1.54, 1.807) is 0 Å². The van der Waals surface area contributed by atoms with Crippen LogP contribution in [0.25, 0.3) is 0 Å². The zero-order chi connectivity index (χ0) is 16.4. The fourth-order valence-electron chi connectivity index (χ4n) is 5.49. The van der Waals surface area contributed by atoms with Crippen molar-refractivity contribution in [1.82, 2.24) is 4.90 Å². The van der Waals surface area contributed by atoms with Crippen molar-refractivity contribution < 1.29 is 0 Å². The van der Waals surface area contributed by atoms with Crippen molar-refractivity contribution in [2.45, 2.75) is 92.2 Å². The second-order valence-electron chi connectivity index (χ2n) is 9.45. The zero-order valence-corrected chi connectivity index (χ0v) is 16.3. The highest BCUT2D eigenvalue weighted by molar-refractivity contribution is 4.93. The lowest BCUT2D eigenvalue weighted by molar-refractivity contribution is -0.00488. The molecular formula is C21H41N. The second kappa shape index (κ2) is 7.69. The van der Waals surface area contributed by atoms with Gasteiger partial charge in [0.1, 0.15) is 0 Å². The molecule has 1 nitrogen and oxygen atoms in total.